The summed E-state index contributed by atoms with van der Waals surface area (Å²) in [7, 11) is -5.02. The molecule has 0 radical (unpaired) electrons. The number of carbonyl (C=O) groups is 1. The lowest BCUT2D eigenvalue weighted by molar-refractivity contribution is -0.220. The van der Waals surface area contributed by atoms with Crippen LogP contribution in [0, 0.1) is 0 Å². The van der Waals surface area contributed by atoms with E-state index >= 15 is 0 Å². The van der Waals surface area contributed by atoms with E-state index in [1.807, 2.05) is 0 Å². The third-order valence-electron chi connectivity index (χ3n) is 14.3. The summed E-state index contributed by atoms with van der Waals surface area (Å²) in [5, 5.41) is 50.5. The normalized spacial score (nSPS) is 20.7. The molecule has 426 valence electrons. The van der Waals surface area contributed by atoms with Crippen LogP contribution in [-0.4, -0.2) is 98.9 Å². The van der Waals surface area contributed by atoms with Gasteiger partial charge < -0.3 is 39.9 Å². The first-order valence-electron chi connectivity index (χ1n) is 30.2. The van der Waals surface area contributed by atoms with Crippen molar-refractivity contribution < 1.29 is 58.3 Å². The molecule has 1 fully saturated rings. The molecule has 0 saturated heterocycles. The summed E-state index contributed by atoms with van der Waals surface area (Å²) in [4.78, 5) is 23.3. The maximum absolute atomic E-state index is 12.9. The molecule has 6 unspecified atom stereocenters. The van der Waals surface area contributed by atoms with Gasteiger partial charge in [-0.3, -0.25) is 13.8 Å². The zero-order valence-electron chi connectivity index (χ0n) is 46.3. The van der Waals surface area contributed by atoms with Crippen LogP contribution in [0.4, 0.5) is 0 Å². The summed E-state index contributed by atoms with van der Waals surface area (Å²) in [6, 6.07) is 0. The fourth-order valence-electron chi connectivity index (χ4n) is 9.57. The molecule has 13 heteroatoms. The van der Waals surface area contributed by atoms with Gasteiger partial charge >= 0.3 is 13.8 Å². The van der Waals surface area contributed by atoms with Gasteiger partial charge in [0.15, 0.2) is 0 Å². The smallest absolute Gasteiger partial charge is 0.457 e. The second-order valence-electron chi connectivity index (χ2n) is 21.2. The van der Waals surface area contributed by atoms with Gasteiger partial charge in [0.1, 0.15) is 42.7 Å². The highest BCUT2D eigenvalue weighted by Gasteiger charge is 2.51. The topological polar surface area (TPSA) is 192 Å². The zero-order chi connectivity index (χ0) is 52.6. The molecule has 6 N–H and O–H groups in total. The number of allylic oxidation sites excluding steroid dienone is 4. The Morgan fingerprint density at radius 2 is 0.778 bits per heavy atom. The average Bonchev–Trinajstić information content (AvgIpc) is 3.37. The fraction of sp³-hybridized carbons (Fsp3) is 0.915. The Labute approximate surface area is 440 Å². The molecule has 0 bridgehead atoms. The largest absolute Gasteiger partial charge is 0.472 e. The summed E-state index contributed by atoms with van der Waals surface area (Å²) in [6.45, 7) is 4.31. The lowest BCUT2D eigenvalue weighted by Crippen LogP contribution is -2.64. The molecule has 1 aliphatic carbocycles. The first kappa shape index (κ1) is 68.8. The van der Waals surface area contributed by atoms with E-state index in [0.29, 0.717) is 13.0 Å². The number of rotatable bonds is 53. The number of phosphoric ester groups is 1. The van der Waals surface area contributed by atoms with Gasteiger partial charge in [0, 0.05) is 13.0 Å². The Morgan fingerprint density at radius 1 is 0.444 bits per heavy atom. The Balaban J connectivity index is 2.25. The lowest BCUT2D eigenvalue weighted by Gasteiger charge is -2.41. The van der Waals surface area contributed by atoms with Gasteiger partial charge in [-0.05, 0) is 44.9 Å². The standard InChI is InChI=1S/C59H113O12P/c1-3-5-7-9-11-13-15-17-19-21-23-25-26-27-29-31-33-35-37-39-41-43-45-47-49-68-50-52(51-69-72(66,67)71-59-57(64)55(62)54(61)56(63)58(59)65)70-53(60)48-46-44-42-40-38-36-34-32-30-28-24-22-20-18-16-14-12-10-8-6-4-2/h15,17,21,23,52,54-59,61-65H,3-14,16,18-20,22,24-51H2,1-2H3,(H,66,67)/b17-15-,23-21-. The van der Waals surface area contributed by atoms with E-state index in [4.69, 9.17) is 18.5 Å². The number of hydrogen-bond donors (Lipinski definition) is 6. The van der Waals surface area contributed by atoms with Crippen molar-refractivity contribution >= 4 is 13.8 Å². The molecule has 0 aromatic heterocycles. The first-order chi connectivity index (χ1) is 35.0. The fourth-order valence-corrected chi connectivity index (χ4v) is 10.5. The third kappa shape index (κ3) is 40.1. The molecule has 0 heterocycles. The minimum Gasteiger partial charge on any atom is -0.457 e. The number of ether oxygens (including phenoxy) is 2. The number of esters is 1. The van der Waals surface area contributed by atoms with E-state index in [9.17, 15) is 39.8 Å². The van der Waals surface area contributed by atoms with Gasteiger partial charge in [-0.1, -0.05) is 256 Å². The minimum atomic E-state index is -5.02. The highest BCUT2D eigenvalue weighted by atomic mass is 31.2. The first-order valence-corrected chi connectivity index (χ1v) is 31.7. The summed E-state index contributed by atoms with van der Waals surface area (Å²) in [5.74, 6) is -0.470. The maximum atomic E-state index is 12.9. The Kier molecular flexibility index (Phi) is 47.2. The maximum Gasteiger partial charge on any atom is 0.472 e. The van der Waals surface area contributed by atoms with Crippen molar-refractivity contribution in [3.05, 3.63) is 24.3 Å². The monoisotopic (exact) mass is 1040 g/mol. The van der Waals surface area contributed by atoms with Crippen LogP contribution in [0.3, 0.4) is 0 Å². The van der Waals surface area contributed by atoms with Crippen LogP contribution in [0.2, 0.25) is 0 Å². The van der Waals surface area contributed by atoms with Gasteiger partial charge in [-0.15, -0.1) is 0 Å². The van der Waals surface area contributed by atoms with E-state index in [0.717, 1.165) is 44.9 Å². The Bertz CT molecular complexity index is 1280. The summed E-state index contributed by atoms with van der Waals surface area (Å²) in [6.07, 6.45) is 48.2. The van der Waals surface area contributed by atoms with E-state index in [2.05, 4.69) is 38.2 Å². The predicted octanol–water partition coefficient (Wildman–Crippen LogP) is 14.8. The van der Waals surface area contributed by atoms with Crippen molar-refractivity contribution in [1.29, 1.82) is 0 Å². The molecule has 1 rings (SSSR count). The molecule has 1 aliphatic rings. The van der Waals surface area contributed by atoms with Crippen molar-refractivity contribution in [2.24, 2.45) is 0 Å². The molecule has 0 spiro atoms. The van der Waals surface area contributed by atoms with Crippen LogP contribution in [0.15, 0.2) is 24.3 Å². The third-order valence-corrected chi connectivity index (χ3v) is 15.3. The molecule has 0 amide bonds. The molecule has 6 atom stereocenters. The molecule has 0 aliphatic heterocycles. The quantitative estimate of drug-likeness (QED) is 0.0146. The Morgan fingerprint density at radius 3 is 1.17 bits per heavy atom. The predicted molar refractivity (Wildman–Crippen MR) is 295 cm³/mol. The summed E-state index contributed by atoms with van der Waals surface area (Å²) < 4.78 is 34.5. The van der Waals surface area contributed by atoms with Gasteiger partial charge in [-0.25, -0.2) is 4.57 Å². The van der Waals surface area contributed by atoms with Crippen LogP contribution in [0.25, 0.3) is 0 Å². The SMILES string of the molecule is CCCCCCC/C=C\C/C=C\CCCCCCCCCCCCCCOCC(COP(=O)(O)OC1C(O)C(O)C(O)C(O)C1O)OC(=O)CCCCCCCCCCCCCCCCCCCCCCC. The van der Waals surface area contributed by atoms with Gasteiger partial charge in [0.2, 0.25) is 0 Å². The van der Waals surface area contributed by atoms with Gasteiger partial charge in [0.25, 0.3) is 0 Å². The summed E-state index contributed by atoms with van der Waals surface area (Å²) in [5.41, 5.74) is 0. The van der Waals surface area contributed by atoms with E-state index in [-0.39, 0.29) is 13.0 Å². The van der Waals surface area contributed by atoms with Crippen LogP contribution in [-0.2, 0) is 27.9 Å². The molecule has 12 nitrogen and oxygen atoms in total. The molecule has 1 saturated carbocycles. The lowest BCUT2D eigenvalue weighted by atomic mass is 9.85. The Hall–Kier alpha value is -1.18. The minimum absolute atomic E-state index is 0.0724. The number of phosphoric acid groups is 1. The van der Waals surface area contributed by atoms with Crippen LogP contribution in [0.5, 0.6) is 0 Å². The van der Waals surface area contributed by atoms with Crippen LogP contribution < -0.4 is 0 Å². The molecule has 0 aromatic rings. The number of aliphatic hydroxyl groups excluding tert-OH is 5. The second kappa shape index (κ2) is 49.4. The van der Waals surface area contributed by atoms with Crippen molar-refractivity contribution in [3.8, 4) is 0 Å². The summed E-state index contributed by atoms with van der Waals surface area (Å²) >= 11 is 0. The average molecular weight is 1050 g/mol. The van der Waals surface area contributed by atoms with Crippen molar-refractivity contribution in [2.75, 3.05) is 19.8 Å². The number of aliphatic hydroxyl groups is 5. The highest BCUT2D eigenvalue weighted by molar-refractivity contribution is 7.47. The molecular formula is C59H113O12P. The van der Waals surface area contributed by atoms with Crippen LogP contribution >= 0.6 is 7.82 Å². The van der Waals surface area contributed by atoms with Crippen molar-refractivity contribution in [1.82, 2.24) is 0 Å². The van der Waals surface area contributed by atoms with E-state index in [1.54, 1.807) is 0 Å². The number of hydrogen-bond acceptors (Lipinski definition) is 11. The molecule has 72 heavy (non-hydrogen) atoms. The molecule has 0 aromatic carbocycles. The van der Waals surface area contributed by atoms with Crippen molar-refractivity contribution in [3.63, 3.8) is 0 Å². The van der Waals surface area contributed by atoms with Crippen LogP contribution in [0.1, 0.15) is 284 Å². The number of unbranched alkanes of at least 4 members (excludes halogenated alkanes) is 37. The number of carbonyl (C=O) groups excluding carboxylic acids is 1. The zero-order valence-corrected chi connectivity index (χ0v) is 47.1. The highest BCUT2D eigenvalue weighted by Crippen LogP contribution is 2.47. The van der Waals surface area contributed by atoms with Gasteiger partial charge in [-0.2, -0.15) is 0 Å². The van der Waals surface area contributed by atoms with E-state index < -0.39 is 63.1 Å². The van der Waals surface area contributed by atoms with Crippen molar-refractivity contribution in [2.45, 2.75) is 326 Å². The van der Waals surface area contributed by atoms with E-state index in [1.165, 1.54) is 212 Å². The second-order valence-corrected chi connectivity index (χ2v) is 22.6. The molecular weight excluding hydrogens is 932 g/mol. The van der Waals surface area contributed by atoms with Gasteiger partial charge in [0.05, 0.1) is 13.2 Å².